The standard InChI is InChI=1S/C18H28N2O2S/c1-17(2,3)16(14-5-4-10-23-14)19-15(21)11-20-8-6-18(12-20)7-9-22-13-18/h4-5,10,16H,6-9,11-13H2,1-3H3,(H,19,21)/t16-,18-/m0/s1. The van der Waals surface area contributed by atoms with Crippen molar-refractivity contribution in [1.82, 2.24) is 10.2 Å². The zero-order valence-corrected chi connectivity index (χ0v) is 15.2. The van der Waals surface area contributed by atoms with Gasteiger partial charge in [-0.3, -0.25) is 9.69 Å². The Balaban J connectivity index is 1.58. The topological polar surface area (TPSA) is 41.6 Å². The van der Waals surface area contributed by atoms with Gasteiger partial charge in [-0.05, 0) is 36.2 Å². The molecule has 1 aromatic heterocycles. The van der Waals surface area contributed by atoms with Crippen LogP contribution < -0.4 is 5.32 Å². The van der Waals surface area contributed by atoms with Crippen molar-refractivity contribution in [3.8, 4) is 0 Å². The maximum absolute atomic E-state index is 12.6. The molecular formula is C18H28N2O2S. The minimum Gasteiger partial charge on any atom is -0.381 e. The molecule has 5 heteroatoms. The zero-order chi connectivity index (χ0) is 16.5. The fourth-order valence-electron chi connectivity index (χ4n) is 3.71. The maximum Gasteiger partial charge on any atom is 0.234 e. The van der Waals surface area contributed by atoms with Crippen LogP contribution in [0, 0.1) is 10.8 Å². The first-order valence-electron chi connectivity index (χ1n) is 8.51. The minimum atomic E-state index is 0.00599. The number of rotatable bonds is 4. The van der Waals surface area contributed by atoms with E-state index >= 15 is 0 Å². The summed E-state index contributed by atoms with van der Waals surface area (Å²) in [6.07, 6.45) is 2.30. The first-order chi connectivity index (χ1) is 10.9. The summed E-state index contributed by atoms with van der Waals surface area (Å²) in [7, 11) is 0. The van der Waals surface area contributed by atoms with E-state index in [2.05, 4.69) is 48.5 Å². The number of ether oxygens (including phenoxy) is 1. The van der Waals surface area contributed by atoms with Crippen molar-refractivity contribution in [1.29, 1.82) is 0 Å². The predicted molar refractivity (Wildman–Crippen MR) is 93.6 cm³/mol. The summed E-state index contributed by atoms with van der Waals surface area (Å²) >= 11 is 1.71. The fourth-order valence-corrected chi connectivity index (χ4v) is 4.73. The molecule has 23 heavy (non-hydrogen) atoms. The van der Waals surface area contributed by atoms with Crippen molar-refractivity contribution < 1.29 is 9.53 Å². The number of carbonyl (C=O) groups excluding carboxylic acids is 1. The van der Waals surface area contributed by atoms with Gasteiger partial charge in [0.15, 0.2) is 0 Å². The first kappa shape index (κ1) is 16.9. The summed E-state index contributed by atoms with van der Waals surface area (Å²) < 4.78 is 5.57. The van der Waals surface area contributed by atoms with E-state index in [9.17, 15) is 4.79 Å². The van der Waals surface area contributed by atoms with Crippen molar-refractivity contribution in [2.24, 2.45) is 10.8 Å². The molecule has 1 spiro atoms. The Kier molecular flexibility index (Phi) is 4.81. The van der Waals surface area contributed by atoms with Gasteiger partial charge in [-0.1, -0.05) is 26.8 Å². The second-order valence-corrected chi connectivity index (χ2v) is 9.12. The second kappa shape index (κ2) is 6.54. The summed E-state index contributed by atoms with van der Waals surface area (Å²) in [5.74, 6) is 0.134. The summed E-state index contributed by atoms with van der Waals surface area (Å²) in [4.78, 5) is 16.1. The molecule has 4 nitrogen and oxygen atoms in total. The molecular weight excluding hydrogens is 308 g/mol. The van der Waals surface area contributed by atoms with Gasteiger partial charge in [0.1, 0.15) is 0 Å². The highest BCUT2D eigenvalue weighted by molar-refractivity contribution is 7.10. The number of thiophene rings is 1. The molecule has 0 radical (unpaired) electrons. The lowest BCUT2D eigenvalue weighted by Gasteiger charge is -2.31. The van der Waals surface area contributed by atoms with Crippen molar-refractivity contribution in [2.45, 2.75) is 39.7 Å². The van der Waals surface area contributed by atoms with Crippen molar-refractivity contribution >= 4 is 17.2 Å². The lowest BCUT2D eigenvalue weighted by Crippen LogP contribution is -2.42. The van der Waals surface area contributed by atoms with Crippen LogP contribution in [-0.2, 0) is 9.53 Å². The van der Waals surface area contributed by atoms with Crippen molar-refractivity contribution in [2.75, 3.05) is 32.8 Å². The van der Waals surface area contributed by atoms with Crippen LogP contribution in [0.25, 0.3) is 0 Å². The van der Waals surface area contributed by atoms with Gasteiger partial charge in [0.05, 0.1) is 19.2 Å². The molecule has 2 saturated heterocycles. The third kappa shape index (κ3) is 3.95. The molecule has 3 rings (SSSR count). The molecule has 1 aromatic rings. The Bertz CT molecular complexity index is 530. The van der Waals surface area contributed by atoms with Crippen LogP contribution >= 0.6 is 11.3 Å². The summed E-state index contributed by atoms with van der Waals surface area (Å²) in [6.45, 7) is 10.8. The van der Waals surface area contributed by atoms with Gasteiger partial charge in [0, 0.05) is 23.4 Å². The number of hydrogen-bond donors (Lipinski definition) is 1. The van der Waals surface area contributed by atoms with Crippen molar-refractivity contribution in [3.05, 3.63) is 22.4 Å². The summed E-state index contributed by atoms with van der Waals surface area (Å²) in [5, 5.41) is 5.34. The largest absolute Gasteiger partial charge is 0.381 e. The molecule has 2 atom stereocenters. The van der Waals surface area contributed by atoms with E-state index in [1.54, 1.807) is 11.3 Å². The summed E-state index contributed by atoms with van der Waals surface area (Å²) in [6, 6.07) is 4.23. The van der Waals surface area contributed by atoms with Crippen LogP contribution in [0.15, 0.2) is 17.5 Å². The van der Waals surface area contributed by atoms with E-state index in [1.807, 2.05) is 0 Å². The molecule has 0 aliphatic carbocycles. The molecule has 2 fully saturated rings. The van der Waals surface area contributed by atoms with E-state index in [0.717, 1.165) is 39.1 Å². The van der Waals surface area contributed by atoms with Gasteiger partial charge in [-0.2, -0.15) is 0 Å². The summed E-state index contributed by atoms with van der Waals surface area (Å²) in [5.41, 5.74) is 0.323. The zero-order valence-electron chi connectivity index (χ0n) is 14.4. The average molecular weight is 337 g/mol. The normalized spacial score (nSPS) is 26.7. The second-order valence-electron chi connectivity index (χ2n) is 8.15. The third-order valence-corrected chi connectivity index (χ3v) is 6.01. The number of amides is 1. The lowest BCUT2D eigenvalue weighted by molar-refractivity contribution is -0.123. The highest BCUT2D eigenvalue weighted by atomic mass is 32.1. The number of nitrogens with one attached hydrogen (secondary N) is 1. The SMILES string of the molecule is CC(C)(C)[C@@H](NC(=O)CN1CC[C@]2(CCOC2)C1)c1cccs1. The van der Waals surface area contributed by atoms with Crippen LogP contribution in [0.4, 0.5) is 0 Å². The molecule has 128 valence electrons. The smallest absolute Gasteiger partial charge is 0.234 e. The molecule has 1 N–H and O–H groups in total. The molecule has 0 unspecified atom stereocenters. The van der Waals surface area contributed by atoms with Crippen LogP contribution in [0.1, 0.15) is 44.5 Å². The molecule has 0 bridgehead atoms. The van der Waals surface area contributed by atoms with E-state index < -0.39 is 0 Å². The third-order valence-electron chi connectivity index (χ3n) is 5.07. The van der Waals surface area contributed by atoms with E-state index in [4.69, 9.17) is 4.74 Å². The monoisotopic (exact) mass is 336 g/mol. The van der Waals surface area contributed by atoms with Gasteiger partial charge in [0.2, 0.25) is 5.91 Å². The van der Waals surface area contributed by atoms with Crippen LogP contribution in [0.5, 0.6) is 0 Å². The van der Waals surface area contributed by atoms with Crippen LogP contribution in [-0.4, -0.2) is 43.7 Å². The first-order valence-corrected chi connectivity index (χ1v) is 9.39. The Labute approximate surface area is 143 Å². The Morgan fingerprint density at radius 3 is 2.91 bits per heavy atom. The van der Waals surface area contributed by atoms with E-state index in [-0.39, 0.29) is 17.4 Å². The lowest BCUT2D eigenvalue weighted by atomic mass is 9.85. The number of likely N-dealkylation sites (tertiary alicyclic amines) is 1. The Hall–Kier alpha value is -0.910. The van der Waals surface area contributed by atoms with Gasteiger partial charge in [0.25, 0.3) is 0 Å². The number of hydrogen-bond acceptors (Lipinski definition) is 4. The van der Waals surface area contributed by atoms with Crippen LogP contribution in [0.3, 0.4) is 0 Å². The number of carbonyl (C=O) groups is 1. The fraction of sp³-hybridized carbons (Fsp3) is 0.722. The van der Waals surface area contributed by atoms with Gasteiger partial charge in [-0.25, -0.2) is 0 Å². The Morgan fingerprint density at radius 1 is 1.48 bits per heavy atom. The highest BCUT2D eigenvalue weighted by Crippen LogP contribution is 2.38. The Morgan fingerprint density at radius 2 is 2.30 bits per heavy atom. The van der Waals surface area contributed by atoms with E-state index in [1.165, 1.54) is 4.88 Å². The molecule has 0 saturated carbocycles. The van der Waals surface area contributed by atoms with Gasteiger partial charge < -0.3 is 10.1 Å². The predicted octanol–water partition coefficient (Wildman–Crippen LogP) is 3.06. The molecule has 2 aliphatic heterocycles. The quantitative estimate of drug-likeness (QED) is 0.919. The van der Waals surface area contributed by atoms with Crippen molar-refractivity contribution in [3.63, 3.8) is 0 Å². The van der Waals surface area contributed by atoms with Crippen LogP contribution in [0.2, 0.25) is 0 Å². The highest BCUT2D eigenvalue weighted by Gasteiger charge is 2.41. The average Bonchev–Trinajstić information content (AvgIpc) is 3.19. The molecule has 3 heterocycles. The molecule has 0 aromatic carbocycles. The number of nitrogens with zero attached hydrogens (tertiary/aromatic N) is 1. The van der Waals surface area contributed by atoms with Gasteiger partial charge >= 0.3 is 0 Å². The maximum atomic E-state index is 12.6. The van der Waals surface area contributed by atoms with E-state index in [0.29, 0.717) is 12.0 Å². The molecule has 1 amide bonds. The minimum absolute atomic E-state index is 0.00599. The van der Waals surface area contributed by atoms with Gasteiger partial charge in [-0.15, -0.1) is 11.3 Å². The molecule has 2 aliphatic rings.